The van der Waals surface area contributed by atoms with Crippen LogP contribution in [0.2, 0.25) is 0 Å². The van der Waals surface area contributed by atoms with Crippen molar-refractivity contribution in [3.8, 4) is 11.4 Å². The Labute approximate surface area is 165 Å². The van der Waals surface area contributed by atoms with Gasteiger partial charge < -0.3 is 10.1 Å². The van der Waals surface area contributed by atoms with Crippen molar-refractivity contribution in [1.29, 1.82) is 0 Å². The van der Waals surface area contributed by atoms with Crippen LogP contribution in [0, 0.1) is 0 Å². The maximum absolute atomic E-state index is 12.3. The van der Waals surface area contributed by atoms with Gasteiger partial charge in [-0.1, -0.05) is 24.3 Å². The van der Waals surface area contributed by atoms with Crippen LogP contribution in [0.25, 0.3) is 5.69 Å². The lowest BCUT2D eigenvalue weighted by atomic mass is 10.1. The molecular formula is C21H25N5O2. The zero-order valence-electron chi connectivity index (χ0n) is 16.4. The summed E-state index contributed by atoms with van der Waals surface area (Å²) in [7, 11) is 3.58. The summed E-state index contributed by atoms with van der Waals surface area (Å²) < 4.78 is 6.86. The van der Waals surface area contributed by atoms with Crippen LogP contribution in [0.15, 0.2) is 61.2 Å². The lowest BCUT2D eigenvalue weighted by molar-refractivity contribution is -0.122. The Morgan fingerprint density at radius 1 is 1.18 bits per heavy atom. The number of rotatable bonds is 8. The quantitative estimate of drug-likeness (QED) is 0.651. The van der Waals surface area contributed by atoms with Crippen LogP contribution in [-0.4, -0.2) is 46.3 Å². The van der Waals surface area contributed by atoms with Crippen LogP contribution in [-0.2, 0) is 11.3 Å². The molecule has 3 aromatic rings. The van der Waals surface area contributed by atoms with Crippen LogP contribution in [0.5, 0.6) is 5.75 Å². The van der Waals surface area contributed by atoms with Crippen molar-refractivity contribution >= 4 is 5.91 Å². The van der Waals surface area contributed by atoms with E-state index in [-0.39, 0.29) is 11.9 Å². The molecule has 0 saturated heterocycles. The molecule has 3 rings (SSSR count). The lowest BCUT2D eigenvalue weighted by Crippen LogP contribution is -2.36. The molecule has 1 atom stereocenters. The summed E-state index contributed by atoms with van der Waals surface area (Å²) in [5.41, 5.74) is 3.12. The second-order valence-electron chi connectivity index (χ2n) is 6.65. The maximum atomic E-state index is 12.3. The van der Waals surface area contributed by atoms with Gasteiger partial charge in [0.1, 0.15) is 18.4 Å². The minimum Gasteiger partial charge on any atom is -0.497 e. The second-order valence-corrected chi connectivity index (χ2v) is 6.65. The normalized spacial score (nSPS) is 12.0. The molecule has 1 heterocycles. The first-order chi connectivity index (χ1) is 13.6. The minimum absolute atomic E-state index is 0.00981. The average Bonchev–Trinajstić information content (AvgIpc) is 3.27. The minimum atomic E-state index is -0.00981. The van der Waals surface area contributed by atoms with E-state index in [2.05, 4.69) is 22.3 Å². The molecule has 1 unspecified atom stereocenters. The van der Waals surface area contributed by atoms with Crippen LogP contribution < -0.4 is 10.1 Å². The first kappa shape index (κ1) is 19.6. The molecule has 0 fully saturated rings. The number of carbonyl (C=O) groups excluding carboxylic acids is 1. The molecule has 0 bridgehead atoms. The molecule has 2 aromatic carbocycles. The number of methoxy groups -OCH3 is 1. The van der Waals surface area contributed by atoms with Crippen molar-refractivity contribution in [2.75, 3.05) is 20.7 Å². The molecule has 1 N–H and O–H groups in total. The van der Waals surface area contributed by atoms with E-state index in [0.29, 0.717) is 13.1 Å². The highest BCUT2D eigenvalue weighted by Crippen LogP contribution is 2.20. The Bertz CT molecular complexity index is 876. The van der Waals surface area contributed by atoms with E-state index in [1.54, 1.807) is 18.1 Å². The third kappa shape index (κ3) is 4.95. The molecule has 1 amide bonds. The topological polar surface area (TPSA) is 72.3 Å². The maximum Gasteiger partial charge on any atom is 0.234 e. The monoisotopic (exact) mass is 379 g/mol. The predicted molar refractivity (Wildman–Crippen MR) is 107 cm³/mol. The summed E-state index contributed by atoms with van der Waals surface area (Å²) in [6.45, 7) is 2.90. The van der Waals surface area contributed by atoms with E-state index in [9.17, 15) is 4.79 Å². The number of amides is 1. The number of benzene rings is 2. The van der Waals surface area contributed by atoms with Crippen molar-refractivity contribution in [1.82, 2.24) is 25.0 Å². The zero-order chi connectivity index (χ0) is 19.9. The number of carbonyl (C=O) groups is 1. The van der Waals surface area contributed by atoms with Crippen LogP contribution in [0.3, 0.4) is 0 Å². The second kappa shape index (κ2) is 9.14. The van der Waals surface area contributed by atoms with E-state index < -0.39 is 0 Å². The third-order valence-electron chi connectivity index (χ3n) is 4.76. The van der Waals surface area contributed by atoms with Crippen molar-refractivity contribution in [3.63, 3.8) is 0 Å². The van der Waals surface area contributed by atoms with Crippen molar-refractivity contribution < 1.29 is 9.53 Å². The first-order valence-electron chi connectivity index (χ1n) is 9.11. The summed E-state index contributed by atoms with van der Waals surface area (Å²) in [5.74, 6) is 0.794. The summed E-state index contributed by atoms with van der Waals surface area (Å²) in [4.78, 5) is 18.3. The van der Waals surface area contributed by atoms with Gasteiger partial charge in [-0.25, -0.2) is 9.67 Å². The molecule has 1 aromatic heterocycles. The van der Waals surface area contributed by atoms with Crippen LogP contribution in [0.1, 0.15) is 24.1 Å². The molecule has 28 heavy (non-hydrogen) atoms. The van der Waals surface area contributed by atoms with E-state index in [0.717, 1.165) is 22.6 Å². The summed E-state index contributed by atoms with van der Waals surface area (Å²) in [6.07, 6.45) is 3.17. The number of likely N-dealkylation sites (N-methyl/N-ethyl adjacent to an activating group) is 1. The van der Waals surface area contributed by atoms with Gasteiger partial charge in [0.15, 0.2) is 0 Å². The van der Waals surface area contributed by atoms with E-state index in [4.69, 9.17) is 4.74 Å². The number of ether oxygens (including phenoxy) is 1. The Hall–Kier alpha value is -3.19. The van der Waals surface area contributed by atoms with Gasteiger partial charge in [-0.15, -0.1) is 0 Å². The highest BCUT2D eigenvalue weighted by Gasteiger charge is 2.15. The molecule has 0 spiro atoms. The molecule has 7 nitrogen and oxygen atoms in total. The van der Waals surface area contributed by atoms with E-state index in [1.807, 2.05) is 60.5 Å². The first-order valence-corrected chi connectivity index (χ1v) is 9.11. The van der Waals surface area contributed by atoms with Gasteiger partial charge in [0.2, 0.25) is 5.91 Å². The molecule has 0 radical (unpaired) electrons. The van der Waals surface area contributed by atoms with Gasteiger partial charge in [0, 0.05) is 12.6 Å². The summed E-state index contributed by atoms with van der Waals surface area (Å²) in [5, 5.41) is 7.09. The summed E-state index contributed by atoms with van der Waals surface area (Å²) >= 11 is 0. The van der Waals surface area contributed by atoms with Crippen molar-refractivity contribution in [2.24, 2.45) is 0 Å². The van der Waals surface area contributed by atoms with Gasteiger partial charge in [-0.2, -0.15) is 5.10 Å². The summed E-state index contributed by atoms with van der Waals surface area (Å²) in [6, 6.07) is 15.9. The van der Waals surface area contributed by atoms with Gasteiger partial charge >= 0.3 is 0 Å². The fourth-order valence-electron chi connectivity index (χ4n) is 2.86. The van der Waals surface area contributed by atoms with Crippen molar-refractivity contribution in [2.45, 2.75) is 19.5 Å². The third-order valence-corrected chi connectivity index (χ3v) is 4.76. The highest BCUT2D eigenvalue weighted by atomic mass is 16.5. The number of hydrogen-bond donors (Lipinski definition) is 1. The molecule has 0 aliphatic rings. The largest absolute Gasteiger partial charge is 0.497 e. The van der Waals surface area contributed by atoms with Gasteiger partial charge in [0.05, 0.1) is 19.3 Å². The Morgan fingerprint density at radius 2 is 1.89 bits per heavy atom. The predicted octanol–water partition coefficient (Wildman–Crippen LogP) is 2.59. The Balaban J connectivity index is 1.51. The number of hydrogen-bond acceptors (Lipinski definition) is 5. The van der Waals surface area contributed by atoms with Gasteiger partial charge in [-0.05, 0) is 49.4 Å². The van der Waals surface area contributed by atoms with Crippen molar-refractivity contribution in [3.05, 3.63) is 72.3 Å². The zero-order valence-corrected chi connectivity index (χ0v) is 16.4. The van der Waals surface area contributed by atoms with Crippen LogP contribution in [0.4, 0.5) is 0 Å². The Kier molecular flexibility index (Phi) is 6.39. The van der Waals surface area contributed by atoms with Gasteiger partial charge in [-0.3, -0.25) is 9.69 Å². The standard InChI is InChI=1S/C21H25N5O2/c1-16(18-6-8-19(9-7-18)26-15-22-14-24-26)25(2)13-21(27)23-12-17-4-10-20(28-3)11-5-17/h4-11,14-16H,12-13H2,1-3H3,(H,23,27). The SMILES string of the molecule is COc1ccc(CNC(=O)CN(C)C(C)c2ccc(-n3cncn3)cc2)cc1. The molecule has 146 valence electrons. The van der Waals surface area contributed by atoms with Gasteiger partial charge in [0.25, 0.3) is 0 Å². The molecule has 0 aliphatic carbocycles. The van der Waals surface area contributed by atoms with Crippen LogP contribution >= 0.6 is 0 Å². The smallest absolute Gasteiger partial charge is 0.234 e. The lowest BCUT2D eigenvalue weighted by Gasteiger charge is -2.24. The Morgan fingerprint density at radius 3 is 2.50 bits per heavy atom. The molecule has 7 heteroatoms. The van der Waals surface area contributed by atoms with E-state index >= 15 is 0 Å². The molecular weight excluding hydrogens is 354 g/mol. The number of nitrogens with one attached hydrogen (secondary N) is 1. The molecule has 0 aliphatic heterocycles. The van der Waals surface area contributed by atoms with E-state index in [1.165, 1.54) is 6.33 Å². The molecule has 0 saturated carbocycles. The average molecular weight is 379 g/mol. The number of nitrogens with zero attached hydrogens (tertiary/aromatic N) is 4. The fraction of sp³-hybridized carbons (Fsp3) is 0.286. The number of aromatic nitrogens is 3. The highest BCUT2D eigenvalue weighted by molar-refractivity contribution is 5.78. The fourth-order valence-corrected chi connectivity index (χ4v) is 2.86.